The smallest absolute Gasteiger partial charge is 0.226 e. The Hall–Kier alpha value is -2.34. The van der Waals surface area contributed by atoms with E-state index < -0.39 is 0 Å². The predicted octanol–water partition coefficient (Wildman–Crippen LogP) is 3.44. The summed E-state index contributed by atoms with van der Waals surface area (Å²) in [5.74, 6) is 1.44. The summed E-state index contributed by atoms with van der Waals surface area (Å²) in [7, 11) is 0. The van der Waals surface area contributed by atoms with Crippen molar-refractivity contribution in [2.24, 2.45) is 4.99 Å². The molecule has 0 atom stereocenters. The van der Waals surface area contributed by atoms with E-state index in [1.54, 1.807) is 6.26 Å². The third-order valence-corrected chi connectivity index (χ3v) is 4.42. The third-order valence-electron chi connectivity index (χ3n) is 4.42. The molecule has 0 aliphatic rings. The Kier molecular flexibility index (Phi) is 8.33. The summed E-state index contributed by atoms with van der Waals surface area (Å²) < 4.78 is 5.61. The van der Waals surface area contributed by atoms with Crippen LogP contribution in [0.4, 0.5) is 0 Å². The molecular formula is C21H33N5O. The van der Waals surface area contributed by atoms with E-state index >= 15 is 0 Å². The number of aromatic nitrogens is 1. The van der Waals surface area contributed by atoms with Crippen molar-refractivity contribution in [1.29, 1.82) is 0 Å². The van der Waals surface area contributed by atoms with E-state index in [0.29, 0.717) is 18.5 Å². The van der Waals surface area contributed by atoms with Crippen molar-refractivity contribution in [1.82, 2.24) is 20.5 Å². The van der Waals surface area contributed by atoms with Crippen molar-refractivity contribution in [2.45, 2.75) is 47.2 Å². The number of hydrogen-bond acceptors (Lipinski definition) is 4. The molecular weight excluding hydrogens is 338 g/mol. The minimum atomic E-state index is 0.479. The second-order valence-electron chi connectivity index (χ2n) is 6.85. The maximum absolute atomic E-state index is 5.61. The lowest BCUT2D eigenvalue weighted by Gasteiger charge is -2.25. The molecule has 0 unspecified atom stereocenters. The molecule has 6 heteroatoms. The van der Waals surface area contributed by atoms with Crippen LogP contribution in [0.5, 0.6) is 0 Å². The number of rotatable bonds is 9. The van der Waals surface area contributed by atoms with Crippen LogP contribution in [0, 0.1) is 6.92 Å². The van der Waals surface area contributed by atoms with Crippen molar-refractivity contribution in [3.05, 3.63) is 41.8 Å². The van der Waals surface area contributed by atoms with Gasteiger partial charge in [-0.1, -0.05) is 24.6 Å². The Balaban J connectivity index is 1.93. The molecule has 1 heterocycles. The molecule has 148 valence electrons. The minimum Gasteiger partial charge on any atom is -0.444 e. The van der Waals surface area contributed by atoms with Crippen molar-refractivity contribution >= 4 is 5.96 Å². The highest BCUT2D eigenvalue weighted by Gasteiger charge is 2.08. The van der Waals surface area contributed by atoms with Gasteiger partial charge in [0, 0.05) is 31.2 Å². The number of nitrogens with one attached hydrogen (secondary N) is 2. The molecule has 0 saturated carbocycles. The Labute approximate surface area is 163 Å². The number of oxazole rings is 1. The maximum atomic E-state index is 5.61. The van der Waals surface area contributed by atoms with E-state index in [9.17, 15) is 0 Å². The van der Waals surface area contributed by atoms with Crippen LogP contribution >= 0.6 is 0 Å². The first-order valence-corrected chi connectivity index (χ1v) is 9.81. The second-order valence-corrected chi connectivity index (χ2v) is 6.85. The lowest BCUT2D eigenvalue weighted by molar-refractivity contribution is 0.237. The molecule has 2 rings (SSSR count). The van der Waals surface area contributed by atoms with Crippen molar-refractivity contribution in [3.8, 4) is 11.5 Å². The highest BCUT2D eigenvalue weighted by atomic mass is 16.3. The zero-order chi connectivity index (χ0) is 19.6. The summed E-state index contributed by atoms with van der Waals surface area (Å²) in [5, 5.41) is 6.67. The van der Waals surface area contributed by atoms with Crippen molar-refractivity contribution < 1.29 is 4.42 Å². The van der Waals surface area contributed by atoms with Crippen LogP contribution in [0.2, 0.25) is 0 Å². The van der Waals surface area contributed by atoms with Crippen LogP contribution in [0.1, 0.15) is 39.0 Å². The van der Waals surface area contributed by atoms with Crippen LogP contribution in [-0.4, -0.2) is 48.1 Å². The van der Waals surface area contributed by atoms with Gasteiger partial charge >= 0.3 is 0 Å². The number of likely N-dealkylation sites (N-methyl/N-ethyl adjacent to an activating group) is 1. The summed E-state index contributed by atoms with van der Waals surface area (Å²) in [4.78, 5) is 11.6. The normalized spacial score (nSPS) is 12.0. The number of benzene rings is 1. The van der Waals surface area contributed by atoms with Gasteiger partial charge in [0.25, 0.3) is 0 Å². The largest absolute Gasteiger partial charge is 0.444 e. The molecule has 0 amide bonds. The zero-order valence-electron chi connectivity index (χ0n) is 17.2. The molecule has 0 bridgehead atoms. The average Bonchev–Trinajstić information content (AvgIpc) is 3.12. The molecule has 2 aromatic rings. The van der Waals surface area contributed by atoms with Crippen LogP contribution in [-0.2, 0) is 6.54 Å². The average molecular weight is 372 g/mol. The molecule has 0 fully saturated rings. The molecule has 27 heavy (non-hydrogen) atoms. The van der Waals surface area contributed by atoms with Gasteiger partial charge in [-0.2, -0.15) is 0 Å². The number of guanidine groups is 1. The van der Waals surface area contributed by atoms with Crippen LogP contribution in [0.25, 0.3) is 11.5 Å². The van der Waals surface area contributed by atoms with Gasteiger partial charge in [-0.25, -0.2) is 9.98 Å². The van der Waals surface area contributed by atoms with Gasteiger partial charge in [-0.15, -0.1) is 0 Å². The Morgan fingerprint density at radius 1 is 1.19 bits per heavy atom. The fraction of sp³-hybridized carbons (Fsp3) is 0.524. The lowest BCUT2D eigenvalue weighted by Crippen LogP contribution is -2.43. The Morgan fingerprint density at radius 2 is 1.93 bits per heavy atom. The van der Waals surface area contributed by atoms with Crippen molar-refractivity contribution in [3.63, 3.8) is 0 Å². The highest BCUT2D eigenvalue weighted by Crippen LogP contribution is 2.19. The zero-order valence-corrected chi connectivity index (χ0v) is 17.2. The molecule has 0 spiro atoms. The predicted molar refractivity (Wildman–Crippen MR) is 112 cm³/mol. The van der Waals surface area contributed by atoms with Gasteiger partial charge in [0.1, 0.15) is 12.0 Å². The summed E-state index contributed by atoms with van der Waals surface area (Å²) in [6, 6.07) is 8.71. The summed E-state index contributed by atoms with van der Waals surface area (Å²) in [5.41, 5.74) is 3.02. The number of nitrogens with zero attached hydrogens (tertiary/aromatic N) is 3. The summed E-state index contributed by atoms with van der Waals surface area (Å²) >= 11 is 0. The topological polar surface area (TPSA) is 65.7 Å². The van der Waals surface area contributed by atoms with Gasteiger partial charge in [0.15, 0.2) is 5.96 Å². The van der Waals surface area contributed by atoms with E-state index in [0.717, 1.165) is 43.4 Å². The minimum absolute atomic E-state index is 0.479. The van der Waals surface area contributed by atoms with E-state index in [1.165, 1.54) is 5.56 Å². The van der Waals surface area contributed by atoms with E-state index in [-0.39, 0.29) is 0 Å². The third kappa shape index (κ3) is 6.71. The highest BCUT2D eigenvalue weighted by molar-refractivity contribution is 5.79. The van der Waals surface area contributed by atoms with Crippen LogP contribution in [0.15, 0.2) is 39.9 Å². The second kappa shape index (κ2) is 10.7. The van der Waals surface area contributed by atoms with Crippen LogP contribution < -0.4 is 10.6 Å². The van der Waals surface area contributed by atoms with Gasteiger partial charge < -0.3 is 15.1 Å². The summed E-state index contributed by atoms with van der Waals surface area (Å²) in [6.07, 6.45) is 1.68. The molecule has 2 N–H and O–H groups in total. The van der Waals surface area contributed by atoms with E-state index in [4.69, 9.17) is 4.42 Å². The van der Waals surface area contributed by atoms with Gasteiger partial charge in [-0.3, -0.25) is 4.90 Å². The first-order valence-electron chi connectivity index (χ1n) is 9.81. The lowest BCUT2D eigenvalue weighted by atomic mass is 10.1. The quantitative estimate of drug-likeness (QED) is 0.522. The molecule has 0 saturated heterocycles. The van der Waals surface area contributed by atoms with Crippen LogP contribution in [0.3, 0.4) is 0 Å². The van der Waals surface area contributed by atoms with Gasteiger partial charge in [0.2, 0.25) is 5.89 Å². The molecule has 0 aliphatic carbocycles. The van der Waals surface area contributed by atoms with E-state index in [1.807, 2.05) is 12.1 Å². The van der Waals surface area contributed by atoms with Gasteiger partial charge in [0.05, 0.1) is 6.54 Å². The monoisotopic (exact) mass is 371 g/mol. The Morgan fingerprint density at radius 3 is 2.56 bits per heavy atom. The molecule has 0 radical (unpaired) electrons. The molecule has 6 nitrogen and oxygen atoms in total. The van der Waals surface area contributed by atoms with Gasteiger partial charge in [-0.05, 0) is 46.4 Å². The SMILES string of the molecule is CCNC(=NCc1coc(-c2ccc(C)cc2)n1)NCCN(CC)C(C)C. The van der Waals surface area contributed by atoms with Crippen molar-refractivity contribution in [2.75, 3.05) is 26.2 Å². The maximum Gasteiger partial charge on any atom is 0.226 e. The summed E-state index contributed by atoms with van der Waals surface area (Å²) in [6.45, 7) is 14.9. The molecule has 1 aromatic heterocycles. The first-order chi connectivity index (χ1) is 13.0. The first kappa shape index (κ1) is 21.0. The number of aliphatic imine (C=N–C) groups is 1. The molecule has 1 aromatic carbocycles. The molecule has 0 aliphatic heterocycles. The number of aryl methyl sites for hydroxylation is 1. The Bertz CT molecular complexity index is 706. The fourth-order valence-electron chi connectivity index (χ4n) is 2.81. The number of hydrogen-bond donors (Lipinski definition) is 2. The van der Waals surface area contributed by atoms with E-state index in [2.05, 4.69) is 72.3 Å². The standard InChI is InChI=1S/C21H33N5O/c1-6-22-21(23-12-13-26(7-2)16(3)4)24-14-19-15-27-20(25-19)18-10-8-17(5)9-11-18/h8-11,15-16H,6-7,12-14H2,1-5H3,(H2,22,23,24). The fourth-order valence-corrected chi connectivity index (χ4v) is 2.81.